The van der Waals surface area contributed by atoms with Crippen molar-refractivity contribution in [3.63, 3.8) is 0 Å². The Kier molecular flexibility index (Phi) is 12.8. The fourth-order valence-corrected chi connectivity index (χ4v) is 11.1. The van der Waals surface area contributed by atoms with Gasteiger partial charge in [-0.25, -0.2) is 4.98 Å². The molecule has 0 aliphatic carbocycles. The fraction of sp³-hybridized carbons (Fsp3) is 0.167. The van der Waals surface area contributed by atoms with E-state index in [1.54, 1.807) is 0 Å². The molecule has 9 aromatic carbocycles. The maximum atomic E-state index is 7.03. The van der Waals surface area contributed by atoms with Crippen molar-refractivity contribution in [3.8, 4) is 50.7 Å². The topological polar surface area (TPSA) is 46.7 Å². The Labute approximate surface area is 478 Å². The van der Waals surface area contributed by atoms with Crippen LogP contribution in [0.2, 0.25) is 0 Å². The zero-order chi connectivity index (χ0) is 53.7. The predicted molar refractivity (Wildman–Crippen MR) is 324 cm³/mol. The molecule has 79 heavy (non-hydrogen) atoms. The Morgan fingerprint density at radius 1 is 0.494 bits per heavy atom. The van der Waals surface area contributed by atoms with Gasteiger partial charge in [0.1, 0.15) is 17.0 Å². The molecular weight excluding hydrogens is 1150 g/mol. The Hall–Kier alpha value is -8.18. The van der Waals surface area contributed by atoms with Crippen LogP contribution < -0.4 is 14.5 Å². The van der Waals surface area contributed by atoms with Crippen LogP contribution in [0.15, 0.2) is 205 Å². The number of ether oxygens (including phenoxy) is 1. The number of furan rings is 1. The SMILES string of the molecule is CC(C)(C)c1cc(Oc2[c-]c3c(cc2)c2oc4ccc5ccccc5c4c2n3-c2cc(C(C)(C)C)ccn2)[c-]c(N2[CH-]N(c3c(-c4cccc(-c5ccccc5)c4)cccc3-c3cccc(C(C)(C)C)c3)c3ccccc32)c1.[Pt]. The molecule has 0 N–H and O–H groups in total. The van der Waals surface area contributed by atoms with Gasteiger partial charge in [-0.1, -0.05) is 207 Å². The first-order valence-corrected chi connectivity index (χ1v) is 27.0. The van der Waals surface area contributed by atoms with E-state index in [2.05, 4.69) is 284 Å². The molecule has 0 unspecified atom stereocenters. The molecule has 0 atom stereocenters. The summed E-state index contributed by atoms with van der Waals surface area (Å²) in [5.41, 5.74) is 17.5. The molecule has 7 heteroatoms. The molecule has 12 aromatic rings. The molecule has 0 spiro atoms. The van der Waals surface area contributed by atoms with Crippen molar-refractivity contribution in [1.82, 2.24) is 9.55 Å². The molecule has 6 nitrogen and oxygen atoms in total. The first-order chi connectivity index (χ1) is 37.5. The molecule has 3 aromatic heterocycles. The van der Waals surface area contributed by atoms with E-state index in [1.807, 2.05) is 12.3 Å². The number of anilines is 4. The largest absolute Gasteiger partial charge is 0.509 e. The van der Waals surface area contributed by atoms with Gasteiger partial charge in [0.25, 0.3) is 0 Å². The van der Waals surface area contributed by atoms with E-state index in [0.29, 0.717) is 11.5 Å². The minimum absolute atomic E-state index is 0. The van der Waals surface area contributed by atoms with Crippen LogP contribution in [0, 0.1) is 18.8 Å². The third kappa shape index (κ3) is 9.30. The van der Waals surface area contributed by atoms with Gasteiger partial charge in [-0.15, -0.1) is 48.3 Å². The van der Waals surface area contributed by atoms with Crippen molar-refractivity contribution in [2.75, 3.05) is 9.80 Å². The second-order valence-electron chi connectivity index (χ2n) is 23.8. The number of pyridine rings is 1. The van der Waals surface area contributed by atoms with Crippen LogP contribution in [-0.4, -0.2) is 9.55 Å². The van der Waals surface area contributed by atoms with Gasteiger partial charge in [0, 0.05) is 67.0 Å². The summed E-state index contributed by atoms with van der Waals surface area (Å²) >= 11 is 0. The summed E-state index contributed by atoms with van der Waals surface area (Å²) in [6, 6.07) is 77.0. The maximum absolute atomic E-state index is 7.03. The predicted octanol–water partition coefficient (Wildman–Crippen LogP) is 19.8. The Morgan fingerprint density at radius 3 is 1.87 bits per heavy atom. The van der Waals surface area contributed by atoms with Gasteiger partial charge < -0.3 is 23.5 Å². The number of benzene rings is 9. The van der Waals surface area contributed by atoms with Gasteiger partial charge in [-0.2, -0.15) is 6.07 Å². The summed E-state index contributed by atoms with van der Waals surface area (Å²) in [6.45, 7) is 22.5. The van der Waals surface area contributed by atoms with Gasteiger partial charge in [0.05, 0.1) is 10.9 Å². The third-order valence-corrected chi connectivity index (χ3v) is 15.4. The van der Waals surface area contributed by atoms with Crippen LogP contribution in [0.25, 0.3) is 82.9 Å². The van der Waals surface area contributed by atoms with Crippen molar-refractivity contribution < 1.29 is 30.2 Å². The molecule has 0 saturated heterocycles. The van der Waals surface area contributed by atoms with Crippen LogP contribution in [-0.2, 0) is 37.3 Å². The van der Waals surface area contributed by atoms with Gasteiger partial charge in [0.2, 0.25) is 0 Å². The minimum Gasteiger partial charge on any atom is -0.509 e. The number of hydrogen-bond donors (Lipinski definition) is 0. The Morgan fingerprint density at radius 2 is 1.13 bits per heavy atom. The van der Waals surface area contributed by atoms with Crippen LogP contribution in [0.3, 0.4) is 0 Å². The number of rotatable bonds is 8. The summed E-state index contributed by atoms with van der Waals surface area (Å²) < 4.78 is 16.0. The van der Waals surface area contributed by atoms with Gasteiger partial charge in [0.15, 0.2) is 0 Å². The molecular formula is C72H61N4O2Pt-3. The zero-order valence-corrected chi connectivity index (χ0v) is 48.3. The molecule has 4 heterocycles. The molecule has 0 amide bonds. The monoisotopic (exact) mass is 1210 g/mol. The average Bonchev–Trinajstić information content (AvgIpc) is 4.34. The molecule has 1 aliphatic rings. The van der Waals surface area contributed by atoms with Crippen molar-refractivity contribution in [1.29, 1.82) is 0 Å². The zero-order valence-electron chi connectivity index (χ0n) is 46.1. The van der Waals surface area contributed by atoms with Crippen molar-refractivity contribution in [3.05, 3.63) is 236 Å². The molecule has 13 rings (SSSR count). The van der Waals surface area contributed by atoms with Crippen LogP contribution in [0.4, 0.5) is 22.7 Å². The van der Waals surface area contributed by atoms with E-state index in [0.717, 1.165) is 100 Å². The molecule has 0 radical (unpaired) electrons. The maximum Gasteiger partial charge on any atom is 0.136 e. The summed E-state index contributed by atoms with van der Waals surface area (Å²) in [6.07, 6.45) is 1.91. The average molecular weight is 1210 g/mol. The molecule has 394 valence electrons. The second-order valence-corrected chi connectivity index (χ2v) is 23.8. The normalized spacial score (nSPS) is 12.9. The van der Waals surface area contributed by atoms with E-state index in [9.17, 15) is 0 Å². The fourth-order valence-electron chi connectivity index (χ4n) is 11.1. The Bertz CT molecular complexity index is 4300. The van der Waals surface area contributed by atoms with E-state index in [-0.39, 0.29) is 37.3 Å². The molecule has 0 fully saturated rings. The number of hydrogen-bond acceptors (Lipinski definition) is 5. The van der Waals surface area contributed by atoms with Crippen molar-refractivity contribution in [2.24, 2.45) is 0 Å². The Balaban J connectivity index is 0.00000623. The van der Waals surface area contributed by atoms with E-state index < -0.39 is 0 Å². The second kappa shape index (κ2) is 19.6. The first kappa shape index (κ1) is 51.6. The third-order valence-electron chi connectivity index (χ3n) is 15.4. The summed E-state index contributed by atoms with van der Waals surface area (Å²) in [7, 11) is 0. The van der Waals surface area contributed by atoms with Crippen molar-refractivity contribution >= 4 is 66.5 Å². The van der Waals surface area contributed by atoms with Crippen LogP contribution in [0.1, 0.15) is 79.0 Å². The number of aromatic nitrogens is 2. The minimum atomic E-state index is -0.233. The van der Waals surface area contributed by atoms with E-state index in [4.69, 9.17) is 14.1 Å². The quantitative estimate of drug-likeness (QED) is 0.142. The number of para-hydroxylation sites is 3. The van der Waals surface area contributed by atoms with Crippen LogP contribution in [0.5, 0.6) is 11.5 Å². The van der Waals surface area contributed by atoms with E-state index in [1.165, 1.54) is 22.3 Å². The van der Waals surface area contributed by atoms with Gasteiger partial charge in [-0.3, -0.25) is 0 Å². The van der Waals surface area contributed by atoms with Gasteiger partial charge >= 0.3 is 0 Å². The number of nitrogens with zero attached hydrogens (tertiary/aromatic N) is 4. The molecule has 0 saturated carbocycles. The smallest absolute Gasteiger partial charge is 0.136 e. The van der Waals surface area contributed by atoms with Gasteiger partial charge in [-0.05, 0) is 96.8 Å². The number of fused-ring (bicyclic) bond motifs is 8. The van der Waals surface area contributed by atoms with Crippen molar-refractivity contribution in [2.45, 2.75) is 78.6 Å². The summed E-state index contributed by atoms with van der Waals surface area (Å²) in [5.74, 6) is 1.93. The van der Waals surface area contributed by atoms with Crippen LogP contribution >= 0.6 is 0 Å². The molecule has 1 aliphatic heterocycles. The summed E-state index contributed by atoms with van der Waals surface area (Å²) in [4.78, 5) is 9.67. The molecule has 0 bridgehead atoms. The van der Waals surface area contributed by atoms with E-state index >= 15 is 0 Å². The standard InChI is InChI=1S/C72H61N4O2.Pt/c1-70(2,3)51-26-18-25-50(39-51)59-29-19-28-58(49-24-17-23-48(38-49)46-20-11-10-12-21-46)67(59)75-45-74(61-30-15-16-31-62(61)75)54-40-53(72(7,8)9)41-56(43-54)77-55-33-34-60-63(44-55)76(65-42-52(36-37-73-65)71(4,5)6)68-66-57-27-14-13-22-47(57)32-35-64(66)78-69(60)68;/h10-42,45H,1-9H3;/q-3;. The first-order valence-electron chi connectivity index (χ1n) is 27.0. The summed E-state index contributed by atoms with van der Waals surface area (Å²) in [5, 5.41) is 4.23.